The highest BCUT2D eigenvalue weighted by atomic mass is 16.5. The van der Waals surface area contributed by atoms with Crippen molar-refractivity contribution in [1.82, 2.24) is 9.80 Å². The van der Waals surface area contributed by atoms with Gasteiger partial charge >= 0.3 is 0 Å². The quantitative estimate of drug-likeness (QED) is 0.646. The van der Waals surface area contributed by atoms with Crippen molar-refractivity contribution >= 4 is 11.6 Å². The molecule has 0 unspecified atom stereocenters. The molecular weight excluding hydrogens is 382 g/mol. The average Bonchev–Trinajstić information content (AvgIpc) is 2.77. The zero-order valence-electron chi connectivity index (χ0n) is 17.8. The van der Waals surface area contributed by atoms with Gasteiger partial charge in [-0.1, -0.05) is 12.1 Å². The van der Waals surface area contributed by atoms with Gasteiger partial charge in [0, 0.05) is 32.7 Å². The predicted molar refractivity (Wildman–Crippen MR) is 118 cm³/mol. The molecule has 3 rings (SSSR count). The lowest BCUT2D eigenvalue weighted by atomic mass is 10.2. The summed E-state index contributed by atoms with van der Waals surface area (Å²) < 4.78 is 16.5. The number of amides is 1. The molecule has 2 aromatic rings. The number of nitrogens with one attached hydrogen (secondary N) is 1. The number of carbonyl (C=O) groups excluding carboxylic acids is 1. The first-order valence-corrected chi connectivity index (χ1v) is 10.4. The van der Waals surface area contributed by atoms with Gasteiger partial charge in [-0.3, -0.25) is 14.6 Å². The first kappa shape index (κ1) is 21.9. The normalized spacial score (nSPS) is 14.9. The second kappa shape index (κ2) is 11.4. The maximum atomic E-state index is 12.4. The van der Waals surface area contributed by atoms with Gasteiger partial charge in [0.25, 0.3) is 0 Å². The molecule has 0 saturated carbocycles. The fraction of sp³-hybridized carbons (Fsp3) is 0.435. The molecule has 1 fully saturated rings. The van der Waals surface area contributed by atoms with Crippen LogP contribution in [0.25, 0.3) is 0 Å². The molecule has 0 aromatic heterocycles. The third-order valence-corrected chi connectivity index (χ3v) is 5.03. The van der Waals surface area contributed by atoms with Crippen LogP contribution in [0.3, 0.4) is 0 Å². The molecule has 7 heteroatoms. The summed E-state index contributed by atoms with van der Waals surface area (Å²) in [6.45, 7) is 7.97. The van der Waals surface area contributed by atoms with Crippen LogP contribution in [0.2, 0.25) is 0 Å². The smallest absolute Gasteiger partial charge is 0.238 e. The topological polar surface area (TPSA) is 63.3 Å². The van der Waals surface area contributed by atoms with Crippen molar-refractivity contribution in [3.05, 3.63) is 48.5 Å². The highest BCUT2D eigenvalue weighted by Crippen LogP contribution is 2.23. The van der Waals surface area contributed by atoms with Gasteiger partial charge in [-0.2, -0.15) is 0 Å². The maximum absolute atomic E-state index is 12.4. The Balaban J connectivity index is 1.35. The largest absolute Gasteiger partial charge is 0.497 e. The molecule has 1 saturated heterocycles. The Kier molecular flexibility index (Phi) is 8.35. The first-order chi connectivity index (χ1) is 14.7. The standard InChI is InChI=1S/C23H31N3O4/c1-3-29-22-7-5-4-6-21(22)24-23(27)18-26-14-12-25(13-15-26)16-17-30-20-10-8-19(28-2)9-11-20/h4-11H,3,12-18H2,1-2H3,(H,24,27). The minimum Gasteiger partial charge on any atom is -0.497 e. The second-order valence-electron chi connectivity index (χ2n) is 7.12. The predicted octanol–water partition coefficient (Wildman–Crippen LogP) is 2.73. The molecule has 0 radical (unpaired) electrons. The summed E-state index contributed by atoms with van der Waals surface area (Å²) in [5.74, 6) is 2.36. The number of para-hydroxylation sites is 2. The van der Waals surface area contributed by atoms with Gasteiger partial charge in [-0.25, -0.2) is 0 Å². The third kappa shape index (κ3) is 6.64. The van der Waals surface area contributed by atoms with Gasteiger partial charge in [-0.15, -0.1) is 0 Å². The number of benzene rings is 2. The van der Waals surface area contributed by atoms with Gasteiger partial charge in [-0.05, 0) is 43.3 Å². The lowest BCUT2D eigenvalue weighted by Gasteiger charge is -2.34. The molecule has 7 nitrogen and oxygen atoms in total. The summed E-state index contributed by atoms with van der Waals surface area (Å²) in [4.78, 5) is 17.0. The van der Waals surface area contributed by atoms with E-state index in [2.05, 4.69) is 15.1 Å². The molecule has 1 heterocycles. The SMILES string of the molecule is CCOc1ccccc1NC(=O)CN1CCN(CCOc2ccc(OC)cc2)CC1. The fourth-order valence-corrected chi connectivity index (χ4v) is 3.38. The van der Waals surface area contributed by atoms with E-state index in [1.54, 1.807) is 7.11 Å². The maximum Gasteiger partial charge on any atom is 0.238 e. The number of methoxy groups -OCH3 is 1. The van der Waals surface area contributed by atoms with Crippen LogP contribution < -0.4 is 19.5 Å². The monoisotopic (exact) mass is 413 g/mol. The zero-order valence-corrected chi connectivity index (χ0v) is 17.8. The van der Waals surface area contributed by atoms with Crippen LogP contribution in [0.1, 0.15) is 6.92 Å². The van der Waals surface area contributed by atoms with Crippen molar-refractivity contribution < 1.29 is 19.0 Å². The number of hydrogen-bond acceptors (Lipinski definition) is 6. The van der Waals surface area contributed by atoms with Crippen molar-refractivity contribution in [3.63, 3.8) is 0 Å². The van der Waals surface area contributed by atoms with Crippen LogP contribution in [0.15, 0.2) is 48.5 Å². The minimum absolute atomic E-state index is 0.0153. The second-order valence-corrected chi connectivity index (χ2v) is 7.12. The summed E-state index contributed by atoms with van der Waals surface area (Å²) in [6, 6.07) is 15.1. The minimum atomic E-state index is -0.0153. The Labute approximate surface area is 178 Å². The van der Waals surface area contributed by atoms with Gasteiger partial charge in [0.2, 0.25) is 5.91 Å². The molecule has 0 atom stereocenters. The molecule has 0 spiro atoms. The van der Waals surface area contributed by atoms with Crippen molar-refractivity contribution in [2.75, 3.05) is 64.9 Å². The molecular formula is C23H31N3O4. The molecule has 162 valence electrons. The number of ether oxygens (including phenoxy) is 3. The Morgan fingerprint density at radius 2 is 1.60 bits per heavy atom. The Hall–Kier alpha value is -2.77. The highest BCUT2D eigenvalue weighted by molar-refractivity contribution is 5.93. The molecule has 0 aliphatic carbocycles. The number of hydrogen-bond donors (Lipinski definition) is 1. The molecule has 0 bridgehead atoms. The summed E-state index contributed by atoms with van der Waals surface area (Å²) in [5, 5.41) is 2.97. The molecule has 1 N–H and O–H groups in total. The third-order valence-electron chi connectivity index (χ3n) is 5.03. The Bertz CT molecular complexity index is 789. The van der Waals surface area contributed by atoms with Crippen LogP contribution in [0.5, 0.6) is 17.2 Å². The van der Waals surface area contributed by atoms with Crippen molar-refractivity contribution in [2.45, 2.75) is 6.92 Å². The molecule has 30 heavy (non-hydrogen) atoms. The van der Waals surface area contributed by atoms with Crippen LogP contribution in [0, 0.1) is 0 Å². The number of anilines is 1. The lowest BCUT2D eigenvalue weighted by molar-refractivity contribution is -0.117. The summed E-state index contributed by atoms with van der Waals surface area (Å²) in [5.41, 5.74) is 0.721. The van der Waals surface area contributed by atoms with E-state index >= 15 is 0 Å². The summed E-state index contributed by atoms with van der Waals surface area (Å²) in [6.07, 6.45) is 0. The number of rotatable bonds is 10. The van der Waals surface area contributed by atoms with Gasteiger partial charge in [0.1, 0.15) is 23.9 Å². The van der Waals surface area contributed by atoms with Crippen molar-refractivity contribution in [2.24, 2.45) is 0 Å². The number of carbonyl (C=O) groups is 1. The van der Waals surface area contributed by atoms with Crippen LogP contribution in [-0.2, 0) is 4.79 Å². The van der Waals surface area contributed by atoms with E-state index in [1.165, 1.54) is 0 Å². The van der Waals surface area contributed by atoms with Crippen molar-refractivity contribution in [1.29, 1.82) is 0 Å². The van der Waals surface area contributed by atoms with Crippen molar-refractivity contribution in [3.8, 4) is 17.2 Å². The summed E-state index contributed by atoms with van der Waals surface area (Å²) >= 11 is 0. The lowest BCUT2D eigenvalue weighted by Crippen LogP contribution is -2.49. The Morgan fingerprint density at radius 1 is 0.933 bits per heavy atom. The van der Waals surface area contributed by atoms with Crippen LogP contribution >= 0.6 is 0 Å². The van der Waals surface area contributed by atoms with Crippen LogP contribution in [-0.4, -0.2) is 75.3 Å². The highest BCUT2D eigenvalue weighted by Gasteiger charge is 2.19. The summed E-state index contributed by atoms with van der Waals surface area (Å²) in [7, 11) is 1.65. The Morgan fingerprint density at radius 3 is 2.30 bits per heavy atom. The number of nitrogens with zero attached hydrogens (tertiary/aromatic N) is 2. The van der Waals surface area contributed by atoms with E-state index in [-0.39, 0.29) is 5.91 Å². The molecule has 2 aromatic carbocycles. The van der Waals surface area contributed by atoms with E-state index < -0.39 is 0 Å². The van der Waals surface area contributed by atoms with Crippen LogP contribution in [0.4, 0.5) is 5.69 Å². The number of piperazine rings is 1. The fourth-order valence-electron chi connectivity index (χ4n) is 3.38. The molecule has 1 aliphatic rings. The van der Waals surface area contributed by atoms with Gasteiger partial charge in [0.05, 0.1) is 25.9 Å². The molecule has 1 amide bonds. The van der Waals surface area contributed by atoms with E-state index in [4.69, 9.17) is 14.2 Å². The van der Waals surface area contributed by atoms with Gasteiger partial charge in [0.15, 0.2) is 0 Å². The average molecular weight is 414 g/mol. The first-order valence-electron chi connectivity index (χ1n) is 10.4. The van der Waals surface area contributed by atoms with E-state index in [0.717, 1.165) is 49.9 Å². The van der Waals surface area contributed by atoms with E-state index in [1.807, 2.05) is 55.5 Å². The molecule has 1 aliphatic heterocycles. The van der Waals surface area contributed by atoms with Gasteiger partial charge < -0.3 is 19.5 Å². The zero-order chi connectivity index (χ0) is 21.2. The van der Waals surface area contributed by atoms with E-state index in [9.17, 15) is 4.79 Å². The van der Waals surface area contributed by atoms with E-state index in [0.29, 0.717) is 25.5 Å².